The first-order chi connectivity index (χ1) is 9.61. The lowest BCUT2D eigenvalue weighted by molar-refractivity contribution is 0.571. The van der Waals surface area contributed by atoms with Crippen molar-refractivity contribution >= 4 is 23.0 Å². The molecule has 2 aromatic carbocycles. The quantitative estimate of drug-likeness (QED) is 0.720. The number of hydrogen-bond acceptors (Lipinski definition) is 1. The molecule has 1 nitrogen and oxygen atoms in total. The van der Waals surface area contributed by atoms with Gasteiger partial charge in [0.15, 0.2) is 0 Å². The number of fused-ring (bicyclic) bond motifs is 1. The summed E-state index contributed by atoms with van der Waals surface area (Å²) < 4.78 is 28.6. The second-order valence-corrected chi connectivity index (χ2v) is 5.36. The van der Waals surface area contributed by atoms with Crippen molar-refractivity contribution in [1.29, 1.82) is 0 Å². The fourth-order valence-corrected chi connectivity index (χ4v) is 2.99. The minimum Gasteiger partial charge on any atom is -0.333 e. The van der Waals surface area contributed by atoms with Crippen molar-refractivity contribution in [3.8, 4) is 0 Å². The minimum absolute atomic E-state index is 0.0105. The van der Waals surface area contributed by atoms with Crippen LogP contribution in [0.1, 0.15) is 18.1 Å². The molecule has 0 amide bonds. The van der Waals surface area contributed by atoms with Gasteiger partial charge in [-0.15, -0.1) is 11.6 Å². The van der Waals surface area contributed by atoms with Gasteiger partial charge in [0.1, 0.15) is 17.3 Å². The number of alkyl halides is 1. The zero-order valence-electron chi connectivity index (χ0n) is 11.0. The van der Waals surface area contributed by atoms with E-state index in [1.807, 2.05) is 31.2 Å². The number of benzene rings is 2. The molecule has 0 radical (unpaired) electrons. The van der Waals surface area contributed by atoms with Gasteiger partial charge < -0.3 is 4.90 Å². The number of hydrogen-bond donors (Lipinski definition) is 0. The highest BCUT2D eigenvalue weighted by Gasteiger charge is 2.30. The number of nitrogens with zero attached hydrogens (tertiary/aromatic N) is 1. The van der Waals surface area contributed by atoms with Crippen LogP contribution in [0.25, 0.3) is 0 Å². The molecule has 1 aliphatic rings. The second-order valence-electron chi connectivity index (χ2n) is 5.09. The fourth-order valence-electron chi connectivity index (χ4n) is 2.83. The predicted octanol–water partition coefficient (Wildman–Crippen LogP) is 4.79. The van der Waals surface area contributed by atoms with Gasteiger partial charge in [-0.1, -0.05) is 18.2 Å². The smallest absolute Gasteiger partial charge is 0.150 e. The van der Waals surface area contributed by atoms with E-state index in [0.717, 1.165) is 17.7 Å². The molecule has 0 bridgehead atoms. The normalized spacial score (nSPS) is 17.4. The maximum atomic E-state index is 14.3. The Labute approximate surface area is 121 Å². The molecule has 4 heteroatoms. The maximum absolute atomic E-state index is 14.3. The van der Waals surface area contributed by atoms with Gasteiger partial charge in [0, 0.05) is 17.6 Å². The van der Waals surface area contributed by atoms with Crippen molar-refractivity contribution in [1.82, 2.24) is 0 Å². The summed E-state index contributed by atoms with van der Waals surface area (Å²) in [6, 6.07) is 10.4. The van der Waals surface area contributed by atoms with Crippen LogP contribution in [0.3, 0.4) is 0 Å². The van der Waals surface area contributed by atoms with Crippen LogP contribution in [0.2, 0.25) is 0 Å². The Hall–Kier alpha value is -1.61. The summed E-state index contributed by atoms with van der Waals surface area (Å²) >= 11 is 5.65. The van der Waals surface area contributed by atoms with Crippen molar-refractivity contribution in [2.75, 3.05) is 4.90 Å². The average molecular weight is 294 g/mol. The molecule has 0 spiro atoms. The van der Waals surface area contributed by atoms with Crippen LogP contribution < -0.4 is 4.90 Å². The Kier molecular flexibility index (Phi) is 3.38. The zero-order valence-corrected chi connectivity index (χ0v) is 11.8. The summed E-state index contributed by atoms with van der Waals surface area (Å²) in [6.45, 7) is 1.97. The van der Waals surface area contributed by atoms with E-state index in [4.69, 9.17) is 11.6 Å². The number of anilines is 2. The summed E-state index contributed by atoms with van der Waals surface area (Å²) in [7, 11) is 0. The molecular formula is C16H14ClF2N. The molecule has 0 saturated heterocycles. The maximum Gasteiger partial charge on any atom is 0.150 e. The lowest BCUT2D eigenvalue weighted by Gasteiger charge is -2.26. The van der Waals surface area contributed by atoms with Gasteiger partial charge in [-0.05, 0) is 42.7 Å². The van der Waals surface area contributed by atoms with E-state index in [9.17, 15) is 8.78 Å². The van der Waals surface area contributed by atoms with E-state index in [1.165, 1.54) is 12.1 Å². The number of para-hydroxylation sites is 1. The molecule has 1 aliphatic heterocycles. The molecule has 0 saturated carbocycles. The SMILES string of the molecule is CC1Cc2ccccc2N1c1c(F)cc(CCl)cc1F. The first kappa shape index (κ1) is 13.4. The summed E-state index contributed by atoms with van der Waals surface area (Å²) in [5, 5.41) is 0. The zero-order chi connectivity index (χ0) is 14.3. The Morgan fingerprint density at radius 1 is 1.20 bits per heavy atom. The molecule has 104 valence electrons. The van der Waals surface area contributed by atoms with Crippen LogP contribution in [0, 0.1) is 11.6 Å². The monoisotopic (exact) mass is 293 g/mol. The van der Waals surface area contributed by atoms with Crippen molar-refractivity contribution in [2.24, 2.45) is 0 Å². The highest BCUT2D eigenvalue weighted by molar-refractivity contribution is 6.17. The van der Waals surface area contributed by atoms with Gasteiger partial charge in [-0.3, -0.25) is 0 Å². The van der Waals surface area contributed by atoms with Gasteiger partial charge in [0.25, 0.3) is 0 Å². The predicted molar refractivity (Wildman–Crippen MR) is 77.7 cm³/mol. The van der Waals surface area contributed by atoms with Crippen LogP contribution >= 0.6 is 11.6 Å². The van der Waals surface area contributed by atoms with Crippen molar-refractivity contribution < 1.29 is 8.78 Å². The average Bonchev–Trinajstić information content (AvgIpc) is 2.75. The number of rotatable bonds is 2. The molecule has 0 aliphatic carbocycles. The topological polar surface area (TPSA) is 3.24 Å². The van der Waals surface area contributed by atoms with Crippen molar-refractivity contribution in [2.45, 2.75) is 25.3 Å². The van der Waals surface area contributed by atoms with Crippen LogP contribution in [0.4, 0.5) is 20.2 Å². The lowest BCUT2D eigenvalue weighted by atomic mass is 10.1. The Balaban J connectivity index is 2.14. The van der Waals surface area contributed by atoms with Gasteiger partial charge in [-0.2, -0.15) is 0 Å². The Bertz CT molecular complexity index is 634. The first-order valence-corrected chi connectivity index (χ1v) is 7.06. The largest absolute Gasteiger partial charge is 0.333 e. The van der Waals surface area contributed by atoms with Gasteiger partial charge in [0.05, 0.1) is 0 Å². The van der Waals surface area contributed by atoms with Crippen LogP contribution in [-0.4, -0.2) is 6.04 Å². The molecule has 0 fully saturated rings. The van der Waals surface area contributed by atoms with Crippen LogP contribution in [0.5, 0.6) is 0 Å². The van der Waals surface area contributed by atoms with E-state index in [1.54, 1.807) is 4.90 Å². The molecule has 0 aromatic heterocycles. The molecule has 1 atom stereocenters. The third-order valence-corrected chi connectivity index (χ3v) is 3.99. The van der Waals surface area contributed by atoms with Crippen LogP contribution in [0.15, 0.2) is 36.4 Å². The summed E-state index contributed by atoms with van der Waals surface area (Å²) in [5.41, 5.74) is 2.44. The van der Waals surface area contributed by atoms with E-state index in [-0.39, 0.29) is 17.6 Å². The van der Waals surface area contributed by atoms with Gasteiger partial charge >= 0.3 is 0 Å². The summed E-state index contributed by atoms with van der Waals surface area (Å²) in [6.07, 6.45) is 0.784. The molecule has 3 rings (SSSR count). The van der Waals surface area contributed by atoms with E-state index < -0.39 is 11.6 Å². The Morgan fingerprint density at radius 3 is 2.50 bits per heavy atom. The molecule has 2 aromatic rings. The van der Waals surface area contributed by atoms with Crippen LogP contribution in [-0.2, 0) is 12.3 Å². The van der Waals surface area contributed by atoms with Crippen molar-refractivity contribution in [3.63, 3.8) is 0 Å². The van der Waals surface area contributed by atoms with Gasteiger partial charge in [0.2, 0.25) is 0 Å². The number of halogens is 3. The third-order valence-electron chi connectivity index (χ3n) is 3.68. The highest BCUT2D eigenvalue weighted by atomic mass is 35.5. The molecule has 0 N–H and O–H groups in total. The second kappa shape index (κ2) is 5.06. The van der Waals surface area contributed by atoms with E-state index >= 15 is 0 Å². The molecule has 1 unspecified atom stereocenters. The Morgan fingerprint density at radius 2 is 1.85 bits per heavy atom. The molecule has 1 heterocycles. The van der Waals surface area contributed by atoms with Crippen molar-refractivity contribution in [3.05, 3.63) is 59.2 Å². The third kappa shape index (κ3) is 2.06. The summed E-state index contributed by atoms with van der Waals surface area (Å²) in [4.78, 5) is 1.73. The minimum atomic E-state index is -0.566. The lowest BCUT2D eigenvalue weighted by Crippen LogP contribution is -2.26. The molecule has 20 heavy (non-hydrogen) atoms. The van der Waals surface area contributed by atoms with E-state index in [0.29, 0.717) is 5.56 Å². The highest BCUT2D eigenvalue weighted by Crippen LogP contribution is 2.40. The molecular weight excluding hydrogens is 280 g/mol. The van der Waals surface area contributed by atoms with Gasteiger partial charge in [-0.25, -0.2) is 8.78 Å². The first-order valence-electron chi connectivity index (χ1n) is 6.53. The standard InChI is InChI=1S/C16H14ClF2N/c1-10-6-12-4-2-3-5-15(12)20(10)16-13(18)7-11(9-17)8-14(16)19/h2-5,7-8,10H,6,9H2,1H3. The fraction of sp³-hybridized carbons (Fsp3) is 0.250. The summed E-state index contributed by atoms with van der Waals surface area (Å²) in [5.74, 6) is -1.03. The van der Waals surface area contributed by atoms with E-state index in [2.05, 4.69) is 0 Å².